The molecular formula is C17H17FN2O5. The summed E-state index contributed by atoms with van der Waals surface area (Å²) in [6, 6.07) is 9.42. The van der Waals surface area contributed by atoms with Crippen molar-refractivity contribution in [1.82, 2.24) is 0 Å². The van der Waals surface area contributed by atoms with Gasteiger partial charge in [0.2, 0.25) is 5.91 Å². The Kier molecular flexibility index (Phi) is 6.27. The monoisotopic (exact) mass is 348 g/mol. The third-order valence-electron chi connectivity index (χ3n) is 3.16. The number of non-ortho nitro benzene ring substituents is 1. The molecule has 0 heterocycles. The molecule has 1 amide bonds. The predicted octanol–water partition coefficient (Wildman–Crippen LogP) is 3.54. The van der Waals surface area contributed by atoms with E-state index in [0.717, 1.165) is 0 Å². The van der Waals surface area contributed by atoms with Crippen molar-refractivity contribution in [3.05, 3.63) is 58.4 Å². The van der Waals surface area contributed by atoms with Gasteiger partial charge in [-0.25, -0.2) is 4.39 Å². The van der Waals surface area contributed by atoms with E-state index in [4.69, 9.17) is 9.47 Å². The first-order chi connectivity index (χ1) is 12.0. The molecule has 0 fully saturated rings. The molecule has 1 N–H and O–H groups in total. The summed E-state index contributed by atoms with van der Waals surface area (Å²) in [7, 11) is 0. The van der Waals surface area contributed by atoms with Crippen LogP contribution in [0.3, 0.4) is 0 Å². The number of nitrogens with one attached hydrogen (secondary N) is 1. The van der Waals surface area contributed by atoms with Crippen LogP contribution in [0.4, 0.5) is 15.8 Å². The third kappa shape index (κ3) is 5.45. The topological polar surface area (TPSA) is 90.7 Å². The molecule has 132 valence electrons. The molecule has 7 nitrogen and oxygen atoms in total. The van der Waals surface area contributed by atoms with Crippen molar-refractivity contribution in [2.24, 2.45) is 0 Å². The molecule has 0 aliphatic rings. The zero-order chi connectivity index (χ0) is 18.2. The van der Waals surface area contributed by atoms with Crippen LogP contribution in [0.25, 0.3) is 0 Å². The Balaban J connectivity index is 1.85. The molecule has 0 unspecified atom stereocenters. The Hall–Kier alpha value is -3.16. The van der Waals surface area contributed by atoms with Gasteiger partial charge in [0.15, 0.2) is 0 Å². The minimum Gasteiger partial charge on any atom is -0.493 e. The number of hydrogen-bond donors (Lipinski definition) is 1. The molecule has 0 saturated carbocycles. The molecule has 0 atom stereocenters. The predicted molar refractivity (Wildman–Crippen MR) is 89.4 cm³/mol. The normalized spacial score (nSPS) is 10.2. The zero-order valence-corrected chi connectivity index (χ0v) is 13.5. The number of nitrogens with zero attached hydrogens (tertiary/aromatic N) is 1. The highest BCUT2D eigenvalue weighted by Crippen LogP contribution is 2.25. The van der Waals surface area contributed by atoms with Gasteiger partial charge in [-0.3, -0.25) is 14.9 Å². The fraction of sp³-hybridized carbons (Fsp3) is 0.235. The van der Waals surface area contributed by atoms with Crippen LogP contribution in [-0.2, 0) is 4.79 Å². The lowest BCUT2D eigenvalue weighted by atomic mass is 10.2. The molecule has 0 aromatic heterocycles. The van der Waals surface area contributed by atoms with E-state index >= 15 is 0 Å². The Morgan fingerprint density at radius 2 is 1.92 bits per heavy atom. The first-order valence-electron chi connectivity index (χ1n) is 7.59. The summed E-state index contributed by atoms with van der Waals surface area (Å²) >= 11 is 0. The van der Waals surface area contributed by atoms with Crippen molar-refractivity contribution >= 4 is 17.3 Å². The van der Waals surface area contributed by atoms with Crippen molar-refractivity contribution in [3.8, 4) is 11.5 Å². The van der Waals surface area contributed by atoms with Gasteiger partial charge in [0.05, 0.1) is 30.2 Å². The van der Waals surface area contributed by atoms with Crippen LogP contribution in [0.1, 0.15) is 13.3 Å². The highest BCUT2D eigenvalue weighted by Gasteiger charge is 2.10. The summed E-state index contributed by atoms with van der Waals surface area (Å²) in [6.07, 6.45) is 0.0555. The van der Waals surface area contributed by atoms with Gasteiger partial charge in [0.1, 0.15) is 17.3 Å². The minimum atomic E-state index is -0.504. The number of carbonyl (C=O) groups is 1. The number of hydrogen-bond acceptors (Lipinski definition) is 5. The maximum absolute atomic E-state index is 13.2. The van der Waals surface area contributed by atoms with Crippen molar-refractivity contribution < 1.29 is 23.6 Å². The highest BCUT2D eigenvalue weighted by atomic mass is 19.1. The van der Waals surface area contributed by atoms with Gasteiger partial charge >= 0.3 is 0 Å². The van der Waals surface area contributed by atoms with Gasteiger partial charge in [0.25, 0.3) is 5.69 Å². The van der Waals surface area contributed by atoms with Crippen LogP contribution < -0.4 is 14.8 Å². The van der Waals surface area contributed by atoms with Crippen molar-refractivity contribution in [2.45, 2.75) is 13.3 Å². The number of anilines is 1. The smallest absolute Gasteiger partial charge is 0.269 e. The summed E-state index contributed by atoms with van der Waals surface area (Å²) in [6.45, 7) is 2.19. The summed E-state index contributed by atoms with van der Waals surface area (Å²) in [4.78, 5) is 22.0. The van der Waals surface area contributed by atoms with Crippen LogP contribution in [0.15, 0.2) is 42.5 Å². The van der Waals surface area contributed by atoms with Crippen LogP contribution in [-0.4, -0.2) is 24.0 Å². The molecule has 2 rings (SSSR count). The van der Waals surface area contributed by atoms with Gasteiger partial charge in [-0.1, -0.05) is 0 Å². The number of amides is 1. The molecule has 2 aromatic carbocycles. The molecule has 0 aliphatic carbocycles. The quantitative estimate of drug-likeness (QED) is 0.582. The lowest BCUT2D eigenvalue weighted by Gasteiger charge is -2.12. The van der Waals surface area contributed by atoms with E-state index in [0.29, 0.717) is 18.0 Å². The first-order valence-corrected chi connectivity index (χ1v) is 7.59. The van der Waals surface area contributed by atoms with Crippen LogP contribution >= 0.6 is 0 Å². The van der Waals surface area contributed by atoms with Crippen molar-refractivity contribution in [1.29, 1.82) is 0 Å². The standard InChI is InChI=1S/C17H17FN2O5/c1-2-24-16-11-12(18)3-8-15(16)19-17(21)9-10-25-14-6-4-13(5-7-14)20(22)23/h3-8,11H,2,9-10H2,1H3,(H,19,21). The van der Waals surface area contributed by atoms with Gasteiger partial charge < -0.3 is 14.8 Å². The molecule has 0 aliphatic heterocycles. The molecule has 0 spiro atoms. The third-order valence-corrected chi connectivity index (χ3v) is 3.16. The SMILES string of the molecule is CCOc1cc(F)ccc1NC(=O)CCOc1ccc([N+](=O)[O-])cc1. The molecular weight excluding hydrogens is 331 g/mol. The Morgan fingerprint density at radius 1 is 1.20 bits per heavy atom. The van der Waals surface area contributed by atoms with E-state index < -0.39 is 10.7 Å². The number of benzene rings is 2. The van der Waals surface area contributed by atoms with Crippen LogP contribution in [0, 0.1) is 15.9 Å². The molecule has 0 radical (unpaired) electrons. The Bertz CT molecular complexity index is 749. The van der Waals surface area contributed by atoms with Crippen LogP contribution in [0.5, 0.6) is 11.5 Å². The minimum absolute atomic E-state index is 0.0372. The largest absolute Gasteiger partial charge is 0.493 e. The average molecular weight is 348 g/mol. The van der Waals surface area contributed by atoms with E-state index in [1.165, 1.54) is 42.5 Å². The highest BCUT2D eigenvalue weighted by molar-refractivity contribution is 5.92. The molecule has 2 aromatic rings. The Morgan fingerprint density at radius 3 is 2.56 bits per heavy atom. The Labute approximate surface area is 143 Å². The number of nitro benzene ring substituents is 1. The second kappa shape index (κ2) is 8.62. The van der Waals surface area contributed by atoms with Gasteiger partial charge in [-0.2, -0.15) is 0 Å². The van der Waals surface area contributed by atoms with E-state index in [1.807, 2.05) is 0 Å². The lowest BCUT2D eigenvalue weighted by molar-refractivity contribution is -0.384. The number of nitro groups is 1. The van der Waals surface area contributed by atoms with E-state index in [1.54, 1.807) is 6.92 Å². The fourth-order valence-corrected chi connectivity index (χ4v) is 2.01. The maximum Gasteiger partial charge on any atom is 0.269 e. The van der Waals surface area contributed by atoms with E-state index in [2.05, 4.69) is 5.32 Å². The van der Waals surface area contributed by atoms with Gasteiger partial charge in [0, 0.05) is 18.2 Å². The molecule has 0 bridgehead atoms. The summed E-state index contributed by atoms with van der Waals surface area (Å²) < 4.78 is 23.9. The number of rotatable bonds is 8. The summed E-state index contributed by atoms with van der Waals surface area (Å²) in [5.41, 5.74) is 0.341. The fourth-order valence-electron chi connectivity index (χ4n) is 2.01. The molecule has 25 heavy (non-hydrogen) atoms. The maximum atomic E-state index is 13.2. The summed E-state index contributed by atoms with van der Waals surface area (Å²) in [5, 5.41) is 13.2. The van der Waals surface area contributed by atoms with Crippen LogP contribution in [0.2, 0.25) is 0 Å². The number of carbonyl (C=O) groups excluding carboxylic acids is 1. The first kappa shape index (κ1) is 18.2. The molecule has 8 heteroatoms. The van der Waals surface area contributed by atoms with Crippen molar-refractivity contribution in [2.75, 3.05) is 18.5 Å². The van der Waals surface area contributed by atoms with Gasteiger partial charge in [-0.05, 0) is 31.2 Å². The zero-order valence-electron chi connectivity index (χ0n) is 13.5. The van der Waals surface area contributed by atoms with Gasteiger partial charge in [-0.15, -0.1) is 0 Å². The summed E-state index contributed by atoms with van der Waals surface area (Å²) in [5.74, 6) is -0.0975. The second-order valence-electron chi connectivity index (χ2n) is 4.97. The van der Waals surface area contributed by atoms with Crippen molar-refractivity contribution in [3.63, 3.8) is 0 Å². The average Bonchev–Trinajstić information content (AvgIpc) is 2.58. The van der Waals surface area contributed by atoms with E-state index in [-0.39, 0.29) is 30.4 Å². The number of ether oxygens (including phenoxy) is 2. The second-order valence-corrected chi connectivity index (χ2v) is 4.97. The molecule has 0 saturated heterocycles. The number of halogens is 1. The van der Waals surface area contributed by atoms with E-state index in [9.17, 15) is 19.3 Å². The lowest BCUT2D eigenvalue weighted by Crippen LogP contribution is -2.16.